The van der Waals surface area contributed by atoms with Gasteiger partial charge in [0.15, 0.2) is 5.65 Å². The van der Waals surface area contributed by atoms with Crippen molar-refractivity contribution in [2.75, 3.05) is 13.2 Å². The SMILES string of the molecule is CCOc1nc2ncccc2n1C(=O)NCCC(C)C. The van der Waals surface area contributed by atoms with Crippen molar-refractivity contribution < 1.29 is 9.53 Å². The van der Waals surface area contributed by atoms with Crippen LogP contribution in [0.1, 0.15) is 27.2 Å². The minimum Gasteiger partial charge on any atom is -0.465 e. The molecule has 2 rings (SSSR count). The van der Waals surface area contributed by atoms with Gasteiger partial charge in [-0.25, -0.2) is 14.3 Å². The molecular formula is C14H20N4O2. The predicted molar refractivity (Wildman–Crippen MR) is 76.9 cm³/mol. The van der Waals surface area contributed by atoms with E-state index in [1.807, 2.05) is 6.92 Å². The highest BCUT2D eigenvalue weighted by atomic mass is 16.5. The quantitative estimate of drug-likeness (QED) is 0.910. The molecule has 0 saturated carbocycles. The van der Waals surface area contributed by atoms with Crippen molar-refractivity contribution in [3.8, 4) is 6.01 Å². The zero-order valence-electron chi connectivity index (χ0n) is 12.1. The molecule has 0 bridgehead atoms. The Morgan fingerprint density at radius 2 is 2.30 bits per heavy atom. The van der Waals surface area contributed by atoms with E-state index in [1.54, 1.807) is 18.3 Å². The van der Waals surface area contributed by atoms with Gasteiger partial charge in [0.05, 0.1) is 6.61 Å². The molecule has 108 valence electrons. The topological polar surface area (TPSA) is 69.0 Å². The van der Waals surface area contributed by atoms with E-state index in [1.165, 1.54) is 4.57 Å². The van der Waals surface area contributed by atoms with Crippen molar-refractivity contribution in [1.29, 1.82) is 0 Å². The third-order valence-corrected chi connectivity index (χ3v) is 2.87. The lowest BCUT2D eigenvalue weighted by atomic mass is 10.1. The number of fused-ring (bicyclic) bond motifs is 1. The van der Waals surface area contributed by atoms with E-state index in [4.69, 9.17) is 4.74 Å². The highest BCUT2D eigenvalue weighted by Crippen LogP contribution is 2.19. The minimum atomic E-state index is -0.232. The minimum absolute atomic E-state index is 0.232. The van der Waals surface area contributed by atoms with Gasteiger partial charge in [-0.1, -0.05) is 13.8 Å². The molecule has 0 aromatic carbocycles. The Bertz CT molecular complexity index is 592. The number of ether oxygens (including phenoxy) is 1. The molecule has 6 heteroatoms. The summed E-state index contributed by atoms with van der Waals surface area (Å²) in [7, 11) is 0. The molecule has 6 nitrogen and oxygen atoms in total. The molecule has 2 aromatic rings. The maximum atomic E-state index is 12.3. The van der Waals surface area contributed by atoms with Gasteiger partial charge in [0, 0.05) is 12.7 Å². The zero-order chi connectivity index (χ0) is 14.5. The average molecular weight is 276 g/mol. The van der Waals surface area contributed by atoms with Crippen molar-refractivity contribution in [2.45, 2.75) is 27.2 Å². The summed E-state index contributed by atoms with van der Waals surface area (Å²) in [5, 5.41) is 2.88. The highest BCUT2D eigenvalue weighted by Gasteiger charge is 2.18. The van der Waals surface area contributed by atoms with Gasteiger partial charge in [0.1, 0.15) is 5.52 Å². The van der Waals surface area contributed by atoms with Crippen LogP contribution in [0.4, 0.5) is 4.79 Å². The second kappa shape index (κ2) is 6.36. The van der Waals surface area contributed by atoms with Crippen LogP contribution in [0.25, 0.3) is 11.2 Å². The maximum Gasteiger partial charge on any atom is 0.330 e. The Balaban J connectivity index is 2.26. The monoisotopic (exact) mass is 276 g/mol. The lowest BCUT2D eigenvalue weighted by molar-refractivity contribution is 0.235. The number of rotatable bonds is 5. The van der Waals surface area contributed by atoms with Gasteiger partial charge in [0.2, 0.25) is 0 Å². The van der Waals surface area contributed by atoms with Crippen LogP contribution in [0.5, 0.6) is 6.01 Å². The van der Waals surface area contributed by atoms with E-state index in [9.17, 15) is 4.79 Å². The second-order valence-electron chi connectivity index (χ2n) is 4.92. The van der Waals surface area contributed by atoms with E-state index in [-0.39, 0.29) is 12.0 Å². The molecule has 0 spiro atoms. The standard InChI is InChI=1S/C14H20N4O2/c1-4-20-14-17-12-11(6-5-8-15-12)18(14)13(19)16-9-7-10(2)3/h5-6,8,10H,4,7,9H2,1-3H3,(H,16,19). The van der Waals surface area contributed by atoms with Crippen molar-refractivity contribution in [2.24, 2.45) is 5.92 Å². The zero-order valence-corrected chi connectivity index (χ0v) is 12.1. The van der Waals surface area contributed by atoms with Gasteiger partial charge >= 0.3 is 12.0 Å². The van der Waals surface area contributed by atoms with Crippen LogP contribution >= 0.6 is 0 Å². The number of nitrogens with zero attached hydrogens (tertiary/aromatic N) is 3. The fourth-order valence-electron chi connectivity index (χ4n) is 1.86. The van der Waals surface area contributed by atoms with Crippen LogP contribution in [0, 0.1) is 5.92 Å². The number of nitrogens with one attached hydrogen (secondary N) is 1. The van der Waals surface area contributed by atoms with Gasteiger partial charge in [0.25, 0.3) is 0 Å². The number of aromatic nitrogens is 3. The van der Waals surface area contributed by atoms with Crippen molar-refractivity contribution in [3.63, 3.8) is 0 Å². The molecule has 0 aliphatic carbocycles. The summed E-state index contributed by atoms with van der Waals surface area (Å²) in [6.45, 7) is 7.17. The number of carbonyl (C=O) groups excluding carboxylic acids is 1. The normalized spacial score (nSPS) is 11.0. The van der Waals surface area contributed by atoms with Gasteiger partial charge < -0.3 is 10.1 Å². The lowest BCUT2D eigenvalue weighted by Gasteiger charge is -2.10. The van der Waals surface area contributed by atoms with Gasteiger partial charge in [-0.05, 0) is 31.4 Å². The number of amides is 1. The molecule has 0 aliphatic rings. The van der Waals surface area contributed by atoms with Crippen LogP contribution in [0.15, 0.2) is 18.3 Å². The molecule has 0 radical (unpaired) electrons. The lowest BCUT2D eigenvalue weighted by Crippen LogP contribution is -2.30. The fraction of sp³-hybridized carbons (Fsp3) is 0.500. The van der Waals surface area contributed by atoms with E-state index in [2.05, 4.69) is 29.1 Å². The molecule has 0 aliphatic heterocycles. The summed E-state index contributed by atoms with van der Waals surface area (Å²) in [6.07, 6.45) is 2.58. The second-order valence-corrected chi connectivity index (χ2v) is 4.92. The van der Waals surface area contributed by atoms with Gasteiger partial charge in [-0.15, -0.1) is 0 Å². The van der Waals surface area contributed by atoms with Crippen LogP contribution in [-0.2, 0) is 0 Å². The molecular weight excluding hydrogens is 256 g/mol. The first-order chi connectivity index (χ1) is 9.63. The summed E-state index contributed by atoms with van der Waals surface area (Å²) in [4.78, 5) is 20.7. The molecule has 0 atom stereocenters. The average Bonchev–Trinajstić information content (AvgIpc) is 2.76. The van der Waals surface area contributed by atoms with Crippen molar-refractivity contribution in [3.05, 3.63) is 18.3 Å². The van der Waals surface area contributed by atoms with E-state index < -0.39 is 0 Å². The van der Waals surface area contributed by atoms with E-state index >= 15 is 0 Å². The summed E-state index contributed by atoms with van der Waals surface area (Å²) in [5.41, 5.74) is 1.16. The Morgan fingerprint density at radius 3 is 3.00 bits per heavy atom. The number of pyridine rings is 1. The third kappa shape index (κ3) is 3.07. The number of carbonyl (C=O) groups is 1. The van der Waals surface area contributed by atoms with E-state index in [0.29, 0.717) is 30.2 Å². The van der Waals surface area contributed by atoms with Crippen LogP contribution in [-0.4, -0.2) is 33.7 Å². The largest absolute Gasteiger partial charge is 0.465 e. The molecule has 0 saturated heterocycles. The number of hydrogen-bond acceptors (Lipinski definition) is 4. The number of imidazole rings is 1. The van der Waals surface area contributed by atoms with Crippen molar-refractivity contribution in [1.82, 2.24) is 19.9 Å². The maximum absolute atomic E-state index is 12.3. The Kier molecular flexibility index (Phi) is 4.55. The molecule has 2 heterocycles. The molecule has 1 amide bonds. The third-order valence-electron chi connectivity index (χ3n) is 2.87. The molecule has 2 aromatic heterocycles. The summed E-state index contributed by atoms with van der Waals surface area (Å²) in [5.74, 6) is 0.544. The van der Waals surface area contributed by atoms with Crippen LogP contribution in [0.2, 0.25) is 0 Å². The smallest absolute Gasteiger partial charge is 0.330 e. The van der Waals surface area contributed by atoms with Gasteiger partial charge in [-0.3, -0.25) is 0 Å². The molecule has 0 unspecified atom stereocenters. The first-order valence-corrected chi connectivity index (χ1v) is 6.88. The first-order valence-electron chi connectivity index (χ1n) is 6.88. The molecule has 20 heavy (non-hydrogen) atoms. The van der Waals surface area contributed by atoms with Crippen LogP contribution < -0.4 is 10.1 Å². The molecule has 1 N–H and O–H groups in total. The van der Waals surface area contributed by atoms with E-state index in [0.717, 1.165) is 6.42 Å². The Labute approximate surface area is 118 Å². The van der Waals surface area contributed by atoms with Gasteiger partial charge in [-0.2, -0.15) is 4.98 Å². The fourth-order valence-corrected chi connectivity index (χ4v) is 1.86. The van der Waals surface area contributed by atoms with Crippen LogP contribution in [0.3, 0.4) is 0 Å². The predicted octanol–water partition coefficient (Wildman–Crippen LogP) is 2.43. The Hall–Kier alpha value is -2.11. The Morgan fingerprint density at radius 1 is 1.50 bits per heavy atom. The molecule has 0 fully saturated rings. The highest BCUT2D eigenvalue weighted by molar-refractivity contribution is 5.89. The first kappa shape index (κ1) is 14.3. The number of hydrogen-bond donors (Lipinski definition) is 1. The van der Waals surface area contributed by atoms with Crippen molar-refractivity contribution >= 4 is 17.2 Å². The summed E-state index contributed by atoms with van der Waals surface area (Å²) in [6, 6.07) is 3.63. The summed E-state index contributed by atoms with van der Waals surface area (Å²) >= 11 is 0. The summed E-state index contributed by atoms with van der Waals surface area (Å²) < 4.78 is 6.86.